The molecule has 0 aromatic carbocycles. The number of H-pyrrole nitrogens is 1. The lowest BCUT2D eigenvalue weighted by Gasteiger charge is -2.09. The highest BCUT2D eigenvalue weighted by Gasteiger charge is 2.14. The molecule has 0 saturated heterocycles. The van der Waals surface area contributed by atoms with Crippen molar-refractivity contribution in [1.29, 1.82) is 0 Å². The van der Waals surface area contributed by atoms with Gasteiger partial charge < -0.3 is 4.98 Å². The molecular weight excluding hydrogens is 182 g/mol. The van der Waals surface area contributed by atoms with Crippen LogP contribution in [0.15, 0.2) is 5.57 Å². The van der Waals surface area contributed by atoms with Gasteiger partial charge in [-0.05, 0) is 32.1 Å². The van der Waals surface area contributed by atoms with Gasteiger partial charge in [0, 0.05) is 21.8 Å². The second-order valence-corrected chi connectivity index (χ2v) is 4.92. The van der Waals surface area contributed by atoms with E-state index in [-0.39, 0.29) is 0 Å². The number of aryl methyl sites for hydroxylation is 1. The van der Waals surface area contributed by atoms with Crippen molar-refractivity contribution in [3.05, 3.63) is 27.4 Å². The number of hydrogen-bond donors (Lipinski definition) is 1. The number of aromatic nitrogens is 1. The third-order valence-electron chi connectivity index (χ3n) is 3.50. The zero-order chi connectivity index (χ0) is 10.4. The Hall–Kier alpha value is -1.24. The molecule has 0 fully saturated rings. The molecule has 78 valence electrons. The minimum Gasteiger partial charge on any atom is -0.358 e. The van der Waals surface area contributed by atoms with Crippen molar-refractivity contribution in [2.75, 3.05) is 0 Å². The van der Waals surface area contributed by atoms with Crippen molar-refractivity contribution in [2.24, 2.45) is 5.92 Å². The fourth-order valence-corrected chi connectivity index (χ4v) is 2.60. The van der Waals surface area contributed by atoms with Crippen molar-refractivity contribution in [1.82, 2.24) is 4.98 Å². The van der Waals surface area contributed by atoms with Crippen LogP contribution in [0.1, 0.15) is 37.9 Å². The van der Waals surface area contributed by atoms with E-state index in [1.807, 2.05) is 0 Å². The molecule has 0 radical (unpaired) electrons. The summed E-state index contributed by atoms with van der Waals surface area (Å²) in [5.74, 6) is 0.688. The van der Waals surface area contributed by atoms with Crippen LogP contribution in [-0.4, -0.2) is 4.98 Å². The number of nitrogens with one attached hydrogen (secondary N) is 1. The van der Waals surface area contributed by atoms with E-state index in [0.29, 0.717) is 5.92 Å². The van der Waals surface area contributed by atoms with Crippen molar-refractivity contribution >= 4 is 18.2 Å². The van der Waals surface area contributed by atoms with E-state index >= 15 is 0 Å². The van der Waals surface area contributed by atoms with Gasteiger partial charge in [0.1, 0.15) is 0 Å². The first-order valence-corrected chi connectivity index (χ1v) is 5.84. The highest BCUT2D eigenvalue weighted by Crippen LogP contribution is 2.19. The second-order valence-electron chi connectivity index (χ2n) is 4.92. The first kappa shape index (κ1) is 9.02. The molecule has 3 rings (SSSR count). The molecule has 1 nitrogen and oxygen atoms in total. The first-order chi connectivity index (χ1) is 7.24. The summed E-state index contributed by atoms with van der Waals surface area (Å²) in [6, 6.07) is 0. The summed E-state index contributed by atoms with van der Waals surface area (Å²) in [5, 5.41) is 2.80. The van der Waals surface area contributed by atoms with Gasteiger partial charge in [-0.1, -0.05) is 30.7 Å². The molecule has 0 amide bonds. The monoisotopic (exact) mass is 199 g/mol. The summed E-state index contributed by atoms with van der Waals surface area (Å²) in [5.41, 5.74) is 4.40. The van der Waals surface area contributed by atoms with Gasteiger partial charge >= 0.3 is 0 Å². The highest BCUT2D eigenvalue weighted by atomic mass is 14.7. The Morgan fingerprint density at radius 1 is 1.33 bits per heavy atom. The van der Waals surface area contributed by atoms with Gasteiger partial charge in [-0.3, -0.25) is 0 Å². The van der Waals surface area contributed by atoms with E-state index in [1.165, 1.54) is 46.7 Å². The van der Waals surface area contributed by atoms with Gasteiger partial charge in [0.25, 0.3) is 0 Å². The van der Waals surface area contributed by atoms with Crippen LogP contribution in [0.3, 0.4) is 0 Å². The molecule has 0 saturated carbocycles. The van der Waals surface area contributed by atoms with E-state index in [4.69, 9.17) is 0 Å². The molecular formula is C14H17N. The fourth-order valence-electron chi connectivity index (χ4n) is 2.60. The summed E-state index contributed by atoms with van der Waals surface area (Å²) in [7, 11) is 0. The van der Waals surface area contributed by atoms with Crippen molar-refractivity contribution in [3.8, 4) is 0 Å². The fraction of sp³-hybridized carbons (Fsp3) is 0.429. The molecule has 1 N–H and O–H groups in total. The zero-order valence-corrected chi connectivity index (χ0v) is 9.43. The van der Waals surface area contributed by atoms with Gasteiger partial charge in [0.15, 0.2) is 0 Å². The van der Waals surface area contributed by atoms with E-state index in [2.05, 4.69) is 37.1 Å². The molecule has 15 heavy (non-hydrogen) atoms. The molecule has 1 aromatic rings. The molecule has 2 aliphatic carbocycles. The summed E-state index contributed by atoms with van der Waals surface area (Å²) in [6.07, 6.45) is 10.7. The van der Waals surface area contributed by atoms with Gasteiger partial charge in [-0.2, -0.15) is 0 Å². The normalized spacial score (nSPS) is 23.3. The first-order valence-electron chi connectivity index (χ1n) is 5.84. The number of allylic oxidation sites excluding steroid dienone is 1. The van der Waals surface area contributed by atoms with Crippen molar-refractivity contribution < 1.29 is 0 Å². The molecule has 0 aliphatic heterocycles. The number of aromatic amines is 1. The summed E-state index contributed by atoms with van der Waals surface area (Å²) in [4.78, 5) is 3.56. The Kier molecular flexibility index (Phi) is 1.88. The number of fused-ring (bicyclic) bond motifs is 3. The minimum atomic E-state index is 0.688. The molecule has 0 spiro atoms. The Morgan fingerprint density at radius 2 is 2.20 bits per heavy atom. The van der Waals surface area contributed by atoms with Crippen LogP contribution in [0.25, 0.3) is 18.2 Å². The quantitative estimate of drug-likeness (QED) is 0.657. The lowest BCUT2D eigenvalue weighted by molar-refractivity contribution is 0.798. The summed E-state index contributed by atoms with van der Waals surface area (Å²) in [6.45, 7) is 4.52. The Labute approximate surface area is 90.2 Å². The van der Waals surface area contributed by atoms with Crippen LogP contribution in [0.5, 0.6) is 0 Å². The van der Waals surface area contributed by atoms with Crippen LogP contribution in [0.2, 0.25) is 0 Å². The largest absolute Gasteiger partial charge is 0.358 e. The van der Waals surface area contributed by atoms with Gasteiger partial charge in [-0.25, -0.2) is 0 Å². The van der Waals surface area contributed by atoms with E-state index in [0.717, 1.165) is 0 Å². The highest BCUT2D eigenvalue weighted by molar-refractivity contribution is 5.61. The third kappa shape index (κ3) is 1.38. The molecule has 1 atom stereocenters. The van der Waals surface area contributed by atoms with Crippen molar-refractivity contribution in [3.63, 3.8) is 0 Å². The maximum Gasteiger partial charge on any atom is 0.0418 e. The SMILES string of the molecule is CC1=Cc2c([nH]c3c2=CC(C)CC=3)CC1. The van der Waals surface area contributed by atoms with Gasteiger partial charge in [0.05, 0.1) is 0 Å². The van der Waals surface area contributed by atoms with Crippen LogP contribution >= 0.6 is 0 Å². The topological polar surface area (TPSA) is 15.8 Å². The molecule has 0 bridgehead atoms. The summed E-state index contributed by atoms with van der Waals surface area (Å²) >= 11 is 0. The number of rotatable bonds is 0. The summed E-state index contributed by atoms with van der Waals surface area (Å²) < 4.78 is 0. The minimum absolute atomic E-state index is 0.688. The molecule has 2 aliphatic rings. The zero-order valence-electron chi connectivity index (χ0n) is 9.43. The average molecular weight is 199 g/mol. The van der Waals surface area contributed by atoms with Gasteiger partial charge in [0.2, 0.25) is 0 Å². The van der Waals surface area contributed by atoms with E-state index in [9.17, 15) is 0 Å². The molecule has 1 aromatic heterocycles. The standard InChI is InChI=1S/C14H17N/c1-9-3-5-13-11(7-9)12-8-10(2)4-6-14(12)15-13/h5,7-9,15H,3-4,6H2,1-2H3. The third-order valence-corrected chi connectivity index (χ3v) is 3.50. The Bertz CT molecular complexity index is 543. The van der Waals surface area contributed by atoms with Gasteiger partial charge in [-0.15, -0.1) is 0 Å². The maximum atomic E-state index is 3.56. The predicted octanol–water partition coefficient (Wildman–Crippen LogP) is 1.97. The molecule has 1 unspecified atom stereocenters. The van der Waals surface area contributed by atoms with Crippen LogP contribution in [0.4, 0.5) is 0 Å². The average Bonchev–Trinajstić information content (AvgIpc) is 2.56. The van der Waals surface area contributed by atoms with Crippen LogP contribution in [-0.2, 0) is 6.42 Å². The van der Waals surface area contributed by atoms with Crippen molar-refractivity contribution in [2.45, 2.75) is 33.1 Å². The van der Waals surface area contributed by atoms with E-state index < -0.39 is 0 Å². The smallest absolute Gasteiger partial charge is 0.0418 e. The van der Waals surface area contributed by atoms with Crippen LogP contribution in [0, 0.1) is 5.92 Å². The number of hydrogen-bond acceptors (Lipinski definition) is 0. The lowest BCUT2D eigenvalue weighted by Crippen LogP contribution is -2.28. The Morgan fingerprint density at radius 3 is 3.07 bits per heavy atom. The molecule has 1 heterocycles. The maximum absolute atomic E-state index is 3.56. The lowest BCUT2D eigenvalue weighted by atomic mass is 9.95. The Balaban J connectivity index is 2.33. The molecule has 1 heteroatoms. The van der Waals surface area contributed by atoms with Crippen LogP contribution < -0.4 is 10.6 Å². The second kappa shape index (κ2) is 3.13. The predicted molar refractivity (Wildman–Crippen MR) is 64.7 cm³/mol. The van der Waals surface area contributed by atoms with E-state index in [1.54, 1.807) is 0 Å².